The lowest BCUT2D eigenvalue weighted by molar-refractivity contribution is -0.147. The fraction of sp³-hybridized carbons (Fsp3) is 0.238. The first-order valence-corrected chi connectivity index (χ1v) is 11.3. The minimum absolute atomic E-state index is 0.0832. The van der Waals surface area contributed by atoms with Gasteiger partial charge in [0.15, 0.2) is 6.61 Å². The maximum atomic E-state index is 12.4. The summed E-state index contributed by atoms with van der Waals surface area (Å²) >= 11 is 2.42. The number of amides is 2. The van der Waals surface area contributed by atoms with Crippen LogP contribution in [0.15, 0.2) is 45.7 Å². The van der Waals surface area contributed by atoms with Crippen LogP contribution in [0.1, 0.15) is 33.4 Å². The van der Waals surface area contributed by atoms with Gasteiger partial charge in [-0.05, 0) is 30.5 Å². The average molecular weight is 477 g/mol. The van der Waals surface area contributed by atoms with E-state index in [1.165, 1.54) is 17.6 Å². The smallest absolute Gasteiger partial charge is 0.341 e. The molecule has 0 aliphatic carbocycles. The Kier molecular flexibility index (Phi) is 8.17. The molecule has 0 bridgehead atoms. The lowest BCUT2D eigenvalue weighted by atomic mass is 10.1. The first kappa shape index (κ1) is 23.2. The molecule has 3 aromatic rings. The normalized spacial score (nSPS) is 10.4. The van der Waals surface area contributed by atoms with Crippen LogP contribution >= 0.6 is 22.7 Å². The Bertz CT molecular complexity index is 1070. The third-order valence-electron chi connectivity index (χ3n) is 4.03. The predicted molar refractivity (Wildman–Crippen MR) is 119 cm³/mol. The third-order valence-corrected chi connectivity index (χ3v) is 5.80. The highest BCUT2D eigenvalue weighted by Crippen LogP contribution is 2.36. The van der Waals surface area contributed by atoms with Gasteiger partial charge in [0.1, 0.15) is 16.3 Å². The quantitative estimate of drug-likeness (QED) is 0.429. The van der Waals surface area contributed by atoms with Crippen LogP contribution in [0.4, 0.5) is 5.00 Å². The Labute approximate surface area is 191 Å². The van der Waals surface area contributed by atoms with E-state index in [0.717, 1.165) is 11.3 Å². The lowest BCUT2D eigenvalue weighted by Crippen LogP contribution is -2.27. The van der Waals surface area contributed by atoms with Gasteiger partial charge in [-0.2, -0.15) is 0 Å². The van der Waals surface area contributed by atoms with Gasteiger partial charge in [0.05, 0.1) is 24.2 Å². The second-order valence-electron chi connectivity index (χ2n) is 6.24. The van der Waals surface area contributed by atoms with E-state index in [2.05, 4.69) is 10.6 Å². The molecule has 0 aliphatic rings. The van der Waals surface area contributed by atoms with Crippen molar-refractivity contribution < 1.29 is 33.1 Å². The molecular weight excluding hydrogens is 456 g/mol. The highest BCUT2D eigenvalue weighted by atomic mass is 32.1. The molecule has 0 aliphatic heterocycles. The molecule has 9 nitrogen and oxygen atoms in total. The molecule has 0 saturated heterocycles. The molecular formula is C21H20N2O7S2. The summed E-state index contributed by atoms with van der Waals surface area (Å²) in [6, 6.07) is 6.80. The number of carbonyl (C=O) groups excluding carboxylic acids is 4. The van der Waals surface area contributed by atoms with E-state index >= 15 is 0 Å². The van der Waals surface area contributed by atoms with Gasteiger partial charge in [0.2, 0.25) is 0 Å². The molecule has 0 fully saturated rings. The Morgan fingerprint density at radius 1 is 1.09 bits per heavy atom. The van der Waals surface area contributed by atoms with Crippen molar-refractivity contribution in [3.63, 3.8) is 0 Å². The van der Waals surface area contributed by atoms with E-state index in [1.807, 2.05) is 0 Å². The summed E-state index contributed by atoms with van der Waals surface area (Å²) in [5.74, 6) is -1.67. The molecule has 0 radical (unpaired) electrons. The summed E-state index contributed by atoms with van der Waals surface area (Å²) in [5, 5.41) is 8.89. The van der Waals surface area contributed by atoms with Crippen molar-refractivity contribution in [2.75, 3.05) is 25.1 Å². The molecule has 0 unspecified atom stereocenters. The topological polar surface area (TPSA) is 124 Å². The van der Waals surface area contributed by atoms with Crippen LogP contribution in [-0.2, 0) is 19.1 Å². The van der Waals surface area contributed by atoms with Crippen LogP contribution in [0.5, 0.6) is 0 Å². The van der Waals surface area contributed by atoms with Crippen molar-refractivity contribution in [1.29, 1.82) is 0 Å². The number of anilines is 1. The van der Waals surface area contributed by atoms with E-state index in [0.29, 0.717) is 16.2 Å². The molecule has 3 rings (SSSR count). The van der Waals surface area contributed by atoms with Gasteiger partial charge in [-0.1, -0.05) is 6.07 Å². The summed E-state index contributed by atoms with van der Waals surface area (Å²) in [7, 11) is 0. The van der Waals surface area contributed by atoms with Gasteiger partial charge in [-0.25, -0.2) is 4.79 Å². The Hall–Kier alpha value is -3.44. The molecule has 32 heavy (non-hydrogen) atoms. The number of esters is 2. The molecule has 0 aromatic carbocycles. The number of hydrogen-bond acceptors (Lipinski definition) is 9. The van der Waals surface area contributed by atoms with Crippen LogP contribution < -0.4 is 10.6 Å². The number of carbonyl (C=O) groups is 4. The Morgan fingerprint density at radius 2 is 1.94 bits per heavy atom. The second-order valence-corrected chi connectivity index (χ2v) is 8.07. The van der Waals surface area contributed by atoms with Gasteiger partial charge in [-0.15, -0.1) is 22.7 Å². The monoisotopic (exact) mass is 476 g/mol. The van der Waals surface area contributed by atoms with Gasteiger partial charge < -0.3 is 24.5 Å². The van der Waals surface area contributed by atoms with Crippen molar-refractivity contribution in [3.05, 3.63) is 51.7 Å². The van der Waals surface area contributed by atoms with Crippen LogP contribution in [0, 0.1) is 0 Å². The summed E-state index contributed by atoms with van der Waals surface area (Å²) in [4.78, 5) is 48.9. The maximum Gasteiger partial charge on any atom is 0.341 e. The molecule has 11 heteroatoms. The zero-order valence-corrected chi connectivity index (χ0v) is 18.7. The summed E-state index contributed by atoms with van der Waals surface area (Å²) in [5.41, 5.74) is 0.662. The zero-order chi connectivity index (χ0) is 22.9. The van der Waals surface area contributed by atoms with E-state index in [1.54, 1.807) is 41.9 Å². The molecule has 0 spiro atoms. The van der Waals surface area contributed by atoms with Crippen molar-refractivity contribution in [2.24, 2.45) is 0 Å². The molecule has 2 N–H and O–H groups in total. The SMILES string of the molecule is CCOC(=O)c1c(-c2ccco2)csc1NC(=O)COC(=O)CCNC(=O)c1cccs1. The fourth-order valence-electron chi connectivity index (χ4n) is 2.62. The lowest BCUT2D eigenvalue weighted by Gasteiger charge is -2.09. The number of ether oxygens (including phenoxy) is 2. The minimum atomic E-state index is -0.639. The van der Waals surface area contributed by atoms with E-state index in [4.69, 9.17) is 13.9 Å². The van der Waals surface area contributed by atoms with E-state index in [9.17, 15) is 19.2 Å². The standard InChI is InChI=1S/C21H20N2O7S2/c1-2-28-21(27)18-13(14-5-3-9-29-14)12-32-20(18)23-16(24)11-30-17(25)7-8-22-19(26)15-6-4-10-31-15/h3-6,9-10,12H,2,7-8,11H2,1H3,(H,22,26)(H,23,24). The van der Waals surface area contributed by atoms with E-state index < -0.39 is 24.5 Å². The van der Waals surface area contributed by atoms with Crippen LogP contribution in [0.3, 0.4) is 0 Å². The summed E-state index contributed by atoms with van der Waals surface area (Å²) in [6.45, 7) is 1.40. The summed E-state index contributed by atoms with van der Waals surface area (Å²) in [6.07, 6.45) is 1.39. The van der Waals surface area contributed by atoms with Gasteiger partial charge in [0, 0.05) is 17.5 Å². The highest BCUT2D eigenvalue weighted by Gasteiger charge is 2.24. The Morgan fingerprint density at radius 3 is 2.62 bits per heavy atom. The van der Waals surface area contributed by atoms with Crippen molar-refractivity contribution in [1.82, 2.24) is 5.32 Å². The molecule has 0 atom stereocenters. The molecule has 0 saturated carbocycles. The first-order valence-electron chi connectivity index (χ1n) is 9.59. The number of rotatable bonds is 10. The maximum absolute atomic E-state index is 12.4. The van der Waals surface area contributed by atoms with Crippen molar-refractivity contribution in [3.8, 4) is 11.3 Å². The number of hydrogen-bond donors (Lipinski definition) is 2. The number of furan rings is 1. The second kappa shape index (κ2) is 11.3. The largest absolute Gasteiger partial charge is 0.464 e. The fourth-order valence-corrected chi connectivity index (χ4v) is 4.22. The average Bonchev–Trinajstić information content (AvgIpc) is 3.53. The van der Waals surface area contributed by atoms with Crippen LogP contribution in [0.25, 0.3) is 11.3 Å². The molecule has 3 heterocycles. The highest BCUT2D eigenvalue weighted by molar-refractivity contribution is 7.15. The predicted octanol–water partition coefficient (Wildman–Crippen LogP) is 3.55. The van der Waals surface area contributed by atoms with Crippen LogP contribution in [0.2, 0.25) is 0 Å². The minimum Gasteiger partial charge on any atom is -0.464 e. The first-order chi connectivity index (χ1) is 15.5. The van der Waals surface area contributed by atoms with Crippen LogP contribution in [-0.4, -0.2) is 43.5 Å². The van der Waals surface area contributed by atoms with E-state index in [-0.39, 0.29) is 36.0 Å². The van der Waals surface area contributed by atoms with Gasteiger partial charge in [0.25, 0.3) is 11.8 Å². The Balaban J connectivity index is 1.51. The number of nitrogens with one attached hydrogen (secondary N) is 2. The zero-order valence-electron chi connectivity index (χ0n) is 17.0. The summed E-state index contributed by atoms with van der Waals surface area (Å²) < 4.78 is 15.4. The number of thiophene rings is 2. The van der Waals surface area contributed by atoms with Crippen molar-refractivity contribution >= 4 is 51.4 Å². The molecule has 2 amide bonds. The molecule has 3 aromatic heterocycles. The van der Waals surface area contributed by atoms with Gasteiger partial charge >= 0.3 is 11.9 Å². The molecule has 168 valence electrons. The van der Waals surface area contributed by atoms with Gasteiger partial charge in [-0.3, -0.25) is 14.4 Å². The third kappa shape index (κ3) is 6.05. The van der Waals surface area contributed by atoms with Crippen molar-refractivity contribution in [2.45, 2.75) is 13.3 Å².